The van der Waals surface area contributed by atoms with Gasteiger partial charge < -0.3 is 5.73 Å². The highest BCUT2D eigenvalue weighted by atomic mass is 14.5. The van der Waals surface area contributed by atoms with Crippen LogP contribution in [0.15, 0.2) is 48.5 Å². The van der Waals surface area contributed by atoms with Crippen molar-refractivity contribution in [1.82, 2.24) is 0 Å². The van der Waals surface area contributed by atoms with Crippen molar-refractivity contribution in [1.29, 1.82) is 0 Å². The molecule has 0 unspecified atom stereocenters. The number of hydrogen-bond donors (Lipinski definition) is 1. The van der Waals surface area contributed by atoms with Crippen molar-refractivity contribution in [3.05, 3.63) is 60.2 Å². The van der Waals surface area contributed by atoms with E-state index in [1.165, 1.54) is 5.56 Å². The van der Waals surface area contributed by atoms with Gasteiger partial charge in [0.1, 0.15) is 0 Å². The third-order valence-electron chi connectivity index (χ3n) is 2.16. The molecule has 14 heavy (non-hydrogen) atoms. The summed E-state index contributed by atoms with van der Waals surface area (Å²) in [7, 11) is 0. The van der Waals surface area contributed by atoms with Crippen molar-refractivity contribution in [3.63, 3.8) is 0 Å². The molecule has 0 saturated heterocycles. The van der Waals surface area contributed by atoms with Crippen molar-refractivity contribution < 1.29 is 0 Å². The molecule has 1 nitrogen and oxygen atoms in total. The molecule has 2 aromatic rings. The van der Waals surface area contributed by atoms with E-state index in [2.05, 4.69) is 24.3 Å². The van der Waals surface area contributed by atoms with Crippen LogP contribution in [0.5, 0.6) is 0 Å². The Labute approximate surface area is 84.2 Å². The van der Waals surface area contributed by atoms with Crippen molar-refractivity contribution in [2.75, 3.05) is 0 Å². The maximum Gasteiger partial charge on any atom is 0.0184 e. The predicted octanol–water partition coefficient (Wildman–Crippen LogP) is 2.61. The van der Waals surface area contributed by atoms with Gasteiger partial charge in [-0.1, -0.05) is 48.5 Å². The first-order valence-corrected chi connectivity index (χ1v) is 4.67. The van der Waals surface area contributed by atoms with Gasteiger partial charge in [0.05, 0.1) is 0 Å². The highest BCUT2D eigenvalue weighted by Crippen LogP contribution is 2.18. The van der Waals surface area contributed by atoms with Gasteiger partial charge in [-0.25, -0.2) is 0 Å². The van der Waals surface area contributed by atoms with Gasteiger partial charge in [0.15, 0.2) is 0 Å². The SMILES string of the molecule is NCc1[c]c(-c2ccccc2)ccc1. The zero-order valence-electron chi connectivity index (χ0n) is 7.90. The van der Waals surface area contributed by atoms with Gasteiger partial charge in [0.25, 0.3) is 0 Å². The normalized spacial score (nSPS) is 10.1. The van der Waals surface area contributed by atoms with Crippen LogP contribution in [-0.2, 0) is 6.54 Å². The molecule has 69 valence electrons. The molecule has 0 aliphatic carbocycles. The molecule has 0 aliphatic heterocycles. The van der Waals surface area contributed by atoms with E-state index >= 15 is 0 Å². The standard InChI is InChI=1S/C13H12N/c14-10-11-5-4-8-13(9-11)12-6-2-1-3-7-12/h1-8H,10,14H2. The third kappa shape index (κ3) is 1.83. The average Bonchev–Trinajstić information content (AvgIpc) is 2.30. The second-order valence-corrected chi connectivity index (χ2v) is 3.16. The van der Waals surface area contributed by atoms with Crippen LogP contribution in [0.4, 0.5) is 0 Å². The van der Waals surface area contributed by atoms with Gasteiger partial charge in [0.2, 0.25) is 0 Å². The second-order valence-electron chi connectivity index (χ2n) is 3.16. The topological polar surface area (TPSA) is 26.0 Å². The van der Waals surface area contributed by atoms with E-state index in [4.69, 9.17) is 5.73 Å². The van der Waals surface area contributed by atoms with Crippen LogP contribution in [0.2, 0.25) is 0 Å². The summed E-state index contributed by atoms with van der Waals surface area (Å²) in [6, 6.07) is 19.6. The molecule has 2 N–H and O–H groups in total. The Morgan fingerprint density at radius 2 is 1.71 bits per heavy atom. The summed E-state index contributed by atoms with van der Waals surface area (Å²) in [6.07, 6.45) is 0. The van der Waals surface area contributed by atoms with E-state index in [0.717, 1.165) is 11.1 Å². The minimum Gasteiger partial charge on any atom is -0.326 e. The zero-order chi connectivity index (χ0) is 9.80. The van der Waals surface area contributed by atoms with E-state index in [1.54, 1.807) is 0 Å². The quantitative estimate of drug-likeness (QED) is 0.759. The summed E-state index contributed by atoms with van der Waals surface area (Å²) in [5, 5.41) is 0. The first kappa shape index (κ1) is 8.97. The Morgan fingerprint density at radius 3 is 2.43 bits per heavy atom. The minimum atomic E-state index is 0.542. The van der Waals surface area contributed by atoms with Crippen molar-refractivity contribution in [2.24, 2.45) is 5.73 Å². The van der Waals surface area contributed by atoms with Crippen LogP contribution in [0, 0.1) is 6.07 Å². The highest BCUT2D eigenvalue weighted by molar-refractivity contribution is 5.63. The van der Waals surface area contributed by atoms with Crippen LogP contribution in [0.3, 0.4) is 0 Å². The van der Waals surface area contributed by atoms with E-state index in [1.807, 2.05) is 30.3 Å². The summed E-state index contributed by atoms with van der Waals surface area (Å²) >= 11 is 0. The average molecular weight is 182 g/mol. The lowest BCUT2D eigenvalue weighted by molar-refractivity contribution is 1.07. The lowest BCUT2D eigenvalue weighted by Crippen LogP contribution is -1.96. The van der Waals surface area contributed by atoms with Gasteiger partial charge in [-0.15, -0.1) is 0 Å². The van der Waals surface area contributed by atoms with Gasteiger partial charge in [-0.05, 0) is 22.8 Å². The summed E-state index contributed by atoms with van der Waals surface area (Å²) in [5.41, 5.74) is 8.90. The Kier molecular flexibility index (Phi) is 2.61. The number of hydrogen-bond acceptors (Lipinski definition) is 1. The lowest BCUT2D eigenvalue weighted by Gasteiger charge is -2.02. The van der Waals surface area contributed by atoms with E-state index in [9.17, 15) is 0 Å². The Morgan fingerprint density at radius 1 is 0.929 bits per heavy atom. The van der Waals surface area contributed by atoms with Crippen LogP contribution >= 0.6 is 0 Å². The summed E-state index contributed by atoms with van der Waals surface area (Å²) in [4.78, 5) is 0. The highest BCUT2D eigenvalue weighted by Gasteiger charge is 1.97. The molecule has 0 amide bonds. The Hall–Kier alpha value is -1.60. The molecule has 0 heterocycles. The first-order chi connectivity index (χ1) is 6.90. The molecule has 1 radical (unpaired) electrons. The van der Waals surface area contributed by atoms with Gasteiger partial charge >= 0.3 is 0 Å². The monoisotopic (exact) mass is 182 g/mol. The van der Waals surface area contributed by atoms with E-state index in [0.29, 0.717) is 6.54 Å². The molecular weight excluding hydrogens is 170 g/mol. The maximum atomic E-state index is 5.57. The molecule has 0 aliphatic rings. The Balaban J connectivity index is 2.42. The molecule has 0 bridgehead atoms. The molecular formula is C13H12N. The van der Waals surface area contributed by atoms with E-state index < -0.39 is 0 Å². The molecule has 0 atom stereocenters. The largest absolute Gasteiger partial charge is 0.326 e. The van der Waals surface area contributed by atoms with Crippen molar-refractivity contribution in [2.45, 2.75) is 6.54 Å². The molecule has 0 fully saturated rings. The summed E-state index contributed by atoms with van der Waals surface area (Å²) < 4.78 is 0. The smallest absolute Gasteiger partial charge is 0.0184 e. The van der Waals surface area contributed by atoms with E-state index in [-0.39, 0.29) is 0 Å². The van der Waals surface area contributed by atoms with Gasteiger partial charge in [-0.2, -0.15) is 0 Å². The van der Waals surface area contributed by atoms with Gasteiger partial charge in [-0.3, -0.25) is 0 Å². The number of benzene rings is 2. The van der Waals surface area contributed by atoms with Gasteiger partial charge in [0, 0.05) is 6.54 Å². The molecule has 0 aromatic heterocycles. The Bertz CT molecular complexity index is 407. The molecule has 2 rings (SSSR count). The molecule has 1 heteroatoms. The van der Waals surface area contributed by atoms with Crippen molar-refractivity contribution >= 4 is 0 Å². The third-order valence-corrected chi connectivity index (χ3v) is 2.16. The maximum absolute atomic E-state index is 5.57. The minimum absolute atomic E-state index is 0.542. The zero-order valence-corrected chi connectivity index (χ0v) is 7.90. The molecule has 0 saturated carbocycles. The number of rotatable bonds is 2. The number of nitrogens with two attached hydrogens (primary N) is 1. The van der Waals surface area contributed by atoms with Crippen molar-refractivity contribution in [3.8, 4) is 11.1 Å². The molecule has 2 aromatic carbocycles. The fraction of sp³-hybridized carbons (Fsp3) is 0.0769. The lowest BCUT2D eigenvalue weighted by atomic mass is 10.0. The predicted molar refractivity (Wildman–Crippen MR) is 58.6 cm³/mol. The first-order valence-electron chi connectivity index (χ1n) is 4.67. The summed E-state index contributed by atoms with van der Waals surface area (Å²) in [5.74, 6) is 0. The van der Waals surface area contributed by atoms with Crippen LogP contribution in [0.1, 0.15) is 5.56 Å². The van der Waals surface area contributed by atoms with Crippen LogP contribution in [-0.4, -0.2) is 0 Å². The van der Waals surface area contributed by atoms with Crippen LogP contribution in [0.25, 0.3) is 11.1 Å². The fourth-order valence-electron chi connectivity index (χ4n) is 1.42. The van der Waals surface area contributed by atoms with Crippen LogP contribution < -0.4 is 5.73 Å². The summed E-state index contributed by atoms with van der Waals surface area (Å²) in [6.45, 7) is 0.542. The fourth-order valence-corrected chi connectivity index (χ4v) is 1.42. The molecule has 0 spiro atoms. The second kappa shape index (κ2) is 4.07.